The van der Waals surface area contributed by atoms with E-state index in [1.54, 1.807) is 10.5 Å². The average Bonchev–Trinajstić information content (AvgIpc) is 2.86. The zero-order chi connectivity index (χ0) is 14.5. The molecule has 0 bridgehead atoms. The van der Waals surface area contributed by atoms with Crippen molar-refractivity contribution >= 4 is 35.2 Å². The molecular weight excluding hydrogens is 278 g/mol. The van der Waals surface area contributed by atoms with Crippen LogP contribution in [-0.2, 0) is 0 Å². The van der Waals surface area contributed by atoms with Crippen molar-refractivity contribution in [3.05, 3.63) is 40.3 Å². The molecule has 1 aromatic carbocycles. The lowest BCUT2D eigenvalue weighted by molar-refractivity contribution is 0.912. The summed E-state index contributed by atoms with van der Waals surface area (Å²) in [5, 5.41) is 1.45. The van der Waals surface area contributed by atoms with E-state index in [2.05, 4.69) is 63.1 Å². The van der Waals surface area contributed by atoms with Crippen LogP contribution in [0.2, 0.25) is 13.1 Å². The maximum absolute atomic E-state index is 3.81. The molecule has 1 unspecified atom stereocenters. The van der Waals surface area contributed by atoms with Crippen LogP contribution >= 0.6 is 11.3 Å². The van der Waals surface area contributed by atoms with Crippen LogP contribution in [0.3, 0.4) is 0 Å². The Morgan fingerprint density at radius 1 is 1.20 bits per heavy atom. The molecule has 3 rings (SSSR count). The summed E-state index contributed by atoms with van der Waals surface area (Å²) in [5.74, 6) is 0. The van der Waals surface area contributed by atoms with Gasteiger partial charge in [0.1, 0.15) is 8.24 Å². The first-order valence-electron chi connectivity index (χ1n) is 7.41. The van der Waals surface area contributed by atoms with Crippen LogP contribution in [0.25, 0.3) is 15.7 Å². The molecule has 106 valence electrons. The van der Waals surface area contributed by atoms with Gasteiger partial charge in [-0.05, 0) is 37.6 Å². The minimum Gasteiger partial charge on any atom is -0.337 e. The molecule has 3 heteroatoms. The molecule has 0 radical (unpaired) electrons. The third-order valence-electron chi connectivity index (χ3n) is 4.64. The van der Waals surface area contributed by atoms with Crippen LogP contribution in [0, 0.1) is 0 Å². The number of benzene rings is 1. The van der Waals surface area contributed by atoms with Crippen molar-refractivity contribution in [2.24, 2.45) is 0 Å². The molecule has 0 amide bonds. The number of allylic oxidation sites excluding steroid dienone is 2. The van der Waals surface area contributed by atoms with E-state index in [4.69, 9.17) is 0 Å². The highest BCUT2D eigenvalue weighted by molar-refractivity contribution is 7.20. The van der Waals surface area contributed by atoms with Crippen LogP contribution in [0.5, 0.6) is 0 Å². The van der Waals surface area contributed by atoms with Gasteiger partial charge >= 0.3 is 0 Å². The molecule has 1 N–H and O–H groups in total. The van der Waals surface area contributed by atoms with Crippen LogP contribution < -0.4 is 4.98 Å². The minimum absolute atomic E-state index is 0.634. The fourth-order valence-electron chi connectivity index (χ4n) is 3.69. The van der Waals surface area contributed by atoms with E-state index in [9.17, 15) is 0 Å². The standard InChI is InChI=1S/C17H23NSSi/c1-6-18-20(4,5)17-12(3)11(2)15-13-9-7-8-10-14(13)19-16(15)17/h7-10,17-18H,6H2,1-5H3. The van der Waals surface area contributed by atoms with Crippen molar-refractivity contribution < 1.29 is 0 Å². The van der Waals surface area contributed by atoms with Crippen molar-refractivity contribution in [1.82, 2.24) is 4.98 Å². The maximum atomic E-state index is 3.81. The summed E-state index contributed by atoms with van der Waals surface area (Å²) in [6.45, 7) is 12.9. The number of nitrogens with one attached hydrogen (secondary N) is 1. The molecule has 1 nitrogen and oxygen atoms in total. The second-order valence-corrected chi connectivity index (χ2v) is 11.8. The molecule has 1 aromatic heterocycles. The topological polar surface area (TPSA) is 12.0 Å². The van der Waals surface area contributed by atoms with Gasteiger partial charge in [-0.2, -0.15) is 0 Å². The Morgan fingerprint density at radius 3 is 2.60 bits per heavy atom. The van der Waals surface area contributed by atoms with Crippen LogP contribution in [0.1, 0.15) is 36.8 Å². The first-order chi connectivity index (χ1) is 9.47. The van der Waals surface area contributed by atoms with Gasteiger partial charge in [-0.15, -0.1) is 11.3 Å². The van der Waals surface area contributed by atoms with Gasteiger partial charge in [0.2, 0.25) is 0 Å². The quantitative estimate of drug-likeness (QED) is 0.773. The number of hydrogen-bond acceptors (Lipinski definition) is 2. The molecule has 20 heavy (non-hydrogen) atoms. The van der Waals surface area contributed by atoms with Gasteiger partial charge < -0.3 is 4.98 Å². The van der Waals surface area contributed by atoms with Gasteiger partial charge in [-0.1, -0.05) is 43.8 Å². The highest BCUT2D eigenvalue weighted by atomic mass is 32.1. The van der Waals surface area contributed by atoms with Gasteiger partial charge in [0.05, 0.1) is 0 Å². The molecule has 1 atom stereocenters. The van der Waals surface area contributed by atoms with Crippen LogP contribution in [0.15, 0.2) is 29.8 Å². The summed E-state index contributed by atoms with van der Waals surface area (Å²) in [4.78, 5) is 5.42. The zero-order valence-electron chi connectivity index (χ0n) is 13.0. The van der Waals surface area contributed by atoms with E-state index in [1.807, 2.05) is 11.3 Å². The van der Waals surface area contributed by atoms with Gasteiger partial charge in [0, 0.05) is 20.5 Å². The summed E-state index contributed by atoms with van der Waals surface area (Å²) >= 11 is 2.01. The van der Waals surface area contributed by atoms with E-state index in [1.165, 1.54) is 21.2 Å². The minimum atomic E-state index is -1.49. The van der Waals surface area contributed by atoms with Gasteiger partial charge in [0.25, 0.3) is 0 Å². The molecule has 0 saturated carbocycles. The molecular formula is C17H23NSSi. The van der Waals surface area contributed by atoms with Crippen molar-refractivity contribution in [1.29, 1.82) is 0 Å². The Morgan fingerprint density at radius 2 is 1.90 bits per heavy atom. The largest absolute Gasteiger partial charge is 0.337 e. The normalized spacial score (nSPS) is 18.9. The van der Waals surface area contributed by atoms with Crippen LogP contribution in [0.4, 0.5) is 0 Å². The third-order valence-corrected chi connectivity index (χ3v) is 9.51. The van der Waals surface area contributed by atoms with E-state index < -0.39 is 8.24 Å². The van der Waals surface area contributed by atoms with Crippen molar-refractivity contribution in [3.8, 4) is 0 Å². The summed E-state index contributed by atoms with van der Waals surface area (Å²) in [6.07, 6.45) is 0. The smallest absolute Gasteiger partial charge is 0.131 e. The van der Waals surface area contributed by atoms with E-state index >= 15 is 0 Å². The third kappa shape index (κ3) is 1.91. The molecule has 1 aliphatic rings. The number of rotatable bonds is 3. The predicted molar refractivity (Wildman–Crippen MR) is 94.0 cm³/mol. The lowest BCUT2D eigenvalue weighted by atomic mass is 10.1. The SMILES string of the molecule is CCN[Si](C)(C)C1C(C)=C(C)c2c1sc1ccccc21. The first kappa shape index (κ1) is 14.1. The summed E-state index contributed by atoms with van der Waals surface area (Å²) in [5.41, 5.74) is 5.27. The highest BCUT2D eigenvalue weighted by Gasteiger charge is 2.41. The number of fused-ring (bicyclic) bond motifs is 3. The van der Waals surface area contributed by atoms with E-state index in [0.29, 0.717) is 5.54 Å². The number of thiophene rings is 1. The monoisotopic (exact) mass is 301 g/mol. The highest BCUT2D eigenvalue weighted by Crippen LogP contribution is 2.52. The molecule has 1 heterocycles. The van der Waals surface area contributed by atoms with Gasteiger partial charge in [0.15, 0.2) is 0 Å². The Balaban J connectivity index is 2.23. The average molecular weight is 302 g/mol. The molecule has 0 spiro atoms. The second-order valence-electron chi connectivity index (χ2n) is 6.33. The Kier molecular flexibility index (Phi) is 3.39. The molecule has 0 aliphatic heterocycles. The predicted octanol–water partition coefficient (Wildman–Crippen LogP) is 5.15. The summed E-state index contributed by atoms with van der Waals surface area (Å²) in [7, 11) is -1.49. The number of hydrogen-bond donors (Lipinski definition) is 1. The van der Waals surface area contributed by atoms with Crippen molar-refractivity contribution in [3.63, 3.8) is 0 Å². The Labute approximate surface area is 126 Å². The molecule has 0 fully saturated rings. The first-order valence-corrected chi connectivity index (χ1v) is 11.3. The zero-order valence-corrected chi connectivity index (χ0v) is 14.8. The molecule has 1 aliphatic carbocycles. The maximum Gasteiger partial charge on any atom is 0.131 e. The Bertz CT molecular complexity index is 696. The van der Waals surface area contributed by atoms with E-state index in [-0.39, 0.29) is 0 Å². The van der Waals surface area contributed by atoms with Crippen molar-refractivity contribution in [2.75, 3.05) is 6.54 Å². The van der Waals surface area contributed by atoms with E-state index in [0.717, 1.165) is 6.54 Å². The van der Waals surface area contributed by atoms with Crippen LogP contribution in [-0.4, -0.2) is 14.8 Å². The fourth-order valence-corrected chi connectivity index (χ4v) is 9.29. The summed E-state index contributed by atoms with van der Waals surface area (Å²) < 4.78 is 1.44. The fraction of sp³-hybridized carbons (Fsp3) is 0.412. The van der Waals surface area contributed by atoms with Crippen molar-refractivity contribution in [2.45, 2.75) is 39.4 Å². The van der Waals surface area contributed by atoms with Gasteiger partial charge in [-0.3, -0.25) is 0 Å². The van der Waals surface area contributed by atoms with Gasteiger partial charge in [-0.25, -0.2) is 0 Å². The second kappa shape index (κ2) is 4.83. The summed E-state index contributed by atoms with van der Waals surface area (Å²) in [6, 6.07) is 8.87. The lowest BCUT2D eigenvalue weighted by Gasteiger charge is -2.31. The lowest BCUT2D eigenvalue weighted by Crippen LogP contribution is -2.50. The Hall–Kier alpha value is -0.903. The molecule has 0 saturated heterocycles. The molecule has 2 aromatic rings.